The molecule has 1 aliphatic heterocycles. The quantitative estimate of drug-likeness (QED) is 0.917. The maximum Gasteiger partial charge on any atom is 0.117 e. The van der Waals surface area contributed by atoms with Gasteiger partial charge in [-0.1, -0.05) is 6.42 Å². The van der Waals surface area contributed by atoms with Gasteiger partial charge >= 0.3 is 0 Å². The normalized spacial score (nSPS) is 22.5. The van der Waals surface area contributed by atoms with E-state index in [2.05, 4.69) is 31.6 Å². The summed E-state index contributed by atoms with van der Waals surface area (Å²) in [5.74, 6) is 0. The Morgan fingerprint density at radius 1 is 1.57 bits per heavy atom. The molecule has 0 spiro atoms. The average Bonchev–Trinajstić information content (AvgIpc) is 2.63. The number of nitrogens with zero attached hydrogens (tertiary/aromatic N) is 1. The van der Waals surface area contributed by atoms with Crippen LogP contribution in [0.2, 0.25) is 0 Å². The van der Waals surface area contributed by atoms with Gasteiger partial charge in [-0.15, -0.1) is 11.3 Å². The van der Waals surface area contributed by atoms with E-state index in [0.29, 0.717) is 0 Å². The first-order valence-corrected chi connectivity index (χ1v) is 6.85. The Kier molecular flexibility index (Phi) is 3.96. The first kappa shape index (κ1) is 10.6. The van der Waals surface area contributed by atoms with E-state index in [1.807, 2.05) is 0 Å². The second kappa shape index (κ2) is 5.24. The van der Waals surface area contributed by atoms with Gasteiger partial charge in [-0.25, -0.2) is 4.98 Å². The van der Waals surface area contributed by atoms with Crippen LogP contribution in [0.3, 0.4) is 0 Å². The van der Waals surface area contributed by atoms with Gasteiger partial charge in [-0.2, -0.15) is 0 Å². The largest absolute Gasteiger partial charge is 0.314 e. The number of hydrogen-bond acceptors (Lipinski definition) is 3. The van der Waals surface area contributed by atoms with Gasteiger partial charge in [-0.3, -0.25) is 0 Å². The van der Waals surface area contributed by atoms with Crippen molar-refractivity contribution in [2.75, 3.05) is 6.54 Å². The maximum atomic E-state index is 4.40. The number of rotatable bonds is 3. The molecule has 0 saturated carbocycles. The monoisotopic (exact) mass is 274 g/mol. The summed E-state index contributed by atoms with van der Waals surface area (Å²) < 4.78 is 0.981. The van der Waals surface area contributed by atoms with E-state index >= 15 is 0 Å². The standard InChI is InChI=1S/C10H15BrN2S/c11-9-7-14-10(13-9)5-4-8-3-1-2-6-12-8/h7-8,12H,1-6H2. The maximum absolute atomic E-state index is 4.40. The molecule has 2 heterocycles. The van der Waals surface area contributed by atoms with Gasteiger partial charge in [0, 0.05) is 17.8 Å². The number of nitrogens with one attached hydrogen (secondary N) is 1. The molecule has 0 aromatic carbocycles. The van der Waals surface area contributed by atoms with Crippen LogP contribution in [-0.4, -0.2) is 17.6 Å². The highest BCUT2D eigenvalue weighted by Gasteiger charge is 2.12. The van der Waals surface area contributed by atoms with Crippen molar-refractivity contribution in [3.05, 3.63) is 15.0 Å². The van der Waals surface area contributed by atoms with Crippen LogP contribution >= 0.6 is 27.3 Å². The van der Waals surface area contributed by atoms with E-state index in [4.69, 9.17) is 0 Å². The van der Waals surface area contributed by atoms with E-state index in [0.717, 1.165) is 17.1 Å². The topological polar surface area (TPSA) is 24.9 Å². The fourth-order valence-corrected chi connectivity index (χ4v) is 3.16. The van der Waals surface area contributed by atoms with Crippen LogP contribution in [0.4, 0.5) is 0 Å². The first-order chi connectivity index (χ1) is 6.84. The highest BCUT2D eigenvalue weighted by atomic mass is 79.9. The number of halogens is 1. The Balaban J connectivity index is 1.76. The Hall–Kier alpha value is 0.0700. The third-order valence-corrected chi connectivity index (χ3v) is 4.26. The molecule has 2 rings (SSSR count). The Morgan fingerprint density at radius 3 is 3.14 bits per heavy atom. The third kappa shape index (κ3) is 3.04. The van der Waals surface area contributed by atoms with Gasteiger partial charge in [0.05, 0.1) is 5.01 Å². The summed E-state index contributed by atoms with van der Waals surface area (Å²) in [5.41, 5.74) is 0. The van der Waals surface area contributed by atoms with Crippen molar-refractivity contribution in [1.29, 1.82) is 0 Å². The molecule has 1 aliphatic rings. The second-order valence-electron chi connectivity index (χ2n) is 3.75. The smallest absolute Gasteiger partial charge is 0.117 e. The number of aromatic nitrogens is 1. The van der Waals surface area contributed by atoms with E-state index in [9.17, 15) is 0 Å². The molecule has 2 nitrogen and oxygen atoms in total. The van der Waals surface area contributed by atoms with Crippen molar-refractivity contribution in [3.63, 3.8) is 0 Å². The lowest BCUT2D eigenvalue weighted by atomic mass is 10.0. The van der Waals surface area contributed by atoms with Crippen molar-refractivity contribution in [1.82, 2.24) is 10.3 Å². The number of piperidine rings is 1. The Bertz CT molecular complexity index is 281. The molecule has 1 N–H and O–H groups in total. The van der Waals surface area contributed by atoms with Crippen LogP contribution in [0.15, 0.2) is 9.98 Å². The molecule has 14 heavy (non-hydrogen) atoms. The lowest BCUT2D eigenvalue weighted by molar-refractivity contribution is 0.382. The predicted molar refractivity (Wildman–Crippen MR) is 63.8 cm³/mol. The molecule has 1 aromatic rings. The minimum absolute atomic E-state index is 0.728. The van der Waals surface area contributed by atoms with Gasteiger partial charge in [-0.05, 0) is 41.7 Å². The molecule has 0 amide bonds. The SMILES string of the molecule is Brc1csc(CCC2CCCCN2)n1. The van der Waals surface area contributed by atoms with Crippen molar-refractivity contribution < 1.29 is 0 Å². The van der Waals surface area contributed by atoms with Crippen LogP contribution in [0.25, 0.3) is 0 Å². The zero-order valence-corrected chi connectivity index (χ0v) is 10.5. The zero-order valence-electron chi connectivity index (χ0n) is 8.13. The number of hydrogen-bond donors (Lipinski definition) is 1. The molecule has 1 aromatic heterocycles. The number of aryl methyl sites for hydroxylation is 1. The zero-order chi connectivity index (χ0) is 9.80. The fourth-order valence-electron chi connectivity index (χ4n) is 1.87. The highest BCUT2D eigenvalue weighted by Crippen LogP contribution is 2.18. The summed E-state index contributed by atoms with van der Waals surface area (Å²) in [5, 5.41) is 6.87. The molecule has 1 unspecified atom stereocenters. The van der Waals surface area contributed by atoms with Crippen molar-refractivity contribution >= 4 is 27.3 Å². The molecular weight excluding hydrogens is 260 g/mol. The molecule has 0 aliphatic carbocycles. The molecule has 4 heteroatoms. The highest BCUT2D eigenvalue weighted by molar-refractivity contribution is 9.10. The molecule has 78 valence electrons. The molecule has 1 atom stereocenters. The van der Waals surface area contributed by atoms with Crippen molar-refractivity contribution in [3.8, 4) is 0 Å². The van der Waals surface area contributed by atoms with Gasteiger partial charge < -0.3 is 5.32 Å². The van der Waals surface area contributed by atoms with E-state index in [1.165, 1.54) is 37.2 Å². The van der Waals surface area contributed by atoms with Crippen LogP contribution in [0.1, 0.15) is 30.7 Å². The van der Waals surface area contributed by atoms with Crippen molar-refractivity contribution in [2.24, 2.45) is 0 Å². The third-order valence-electron chi connectivity index (χ3n) is 2.64. The number of thiazole rings is 1. The Morgan fingerprint density at radius 2 is 2.50 bits per heavy atom. The summed E-state index contributed by atoms with van der Waals surface area (Å²) in [6, 6.07) is 0.728. The first-order valence-electron chi connectivity index (χ1n) is 5.18. The molecule has 1 fully saturated rings. The minimum Gasteiger partial charge on any atom is -0.314 e. The van der Waals surface area contributed by atoms with Gasteiger partial charge in [0.25, 0.3) is 0 Å². The van der Waals surface area contributed by atoms with E-state index in [-0.39, 0.29) is 0 Å². The summed E-state index contributed by atoms with van der Waals surface area (Å²) in [6.45, 7) is 1.20. The van der Waals surface area contributed by atoms with Gasteiger partial charge in [0.1, 0.15) is 4.60 Å². The lowest BCUT2D eigenvalue weighted by Crippen LogP contribution is -2.34. The molecule has 1 saturated heterocycles. The summed E-state index contributed by atoms with van der Waals surface area (Å²) in [6.07, 6.45) is 6.43. The second-order valence-corrected chi connectivity index (χ2v) is 5.50. The minimum atomic E-state index is 0.728. The molecular formula is C10H15BrN2S. The average molecular weight is 275 g/mol. The van der Waals surface area contributed by atoms with Crippen LogP contribution in [-0.2, 0) is 6.42 Å². The van der Waals surface area contributed by atoms with Crippen molar-refractivity contribution in [2.45, 2.75) is 38.1 Å². The fraction of sp³-hybridized carbons (Fsp3) is 0.700. The molecule has 0 bridgehead atoms. The van der Waals surface area contributed by atoms with E-state index in [1.54, 1.807) is 11.3 Å². The van der Waals surface area contributed by atoms with Crippen LogP contribution < -0.4 is 5.32 Å². The van der Waals surface area contributed by atoms with Crippen LogP contribution in [0.5, 0.6) is 0 Å². The van der Waals surface area contributed by atoms with E-state index < -0.39 is 0 Å². The van der Waals surface area contributed by atoms with Gasteiger partial charge in [0.2, 0.25) is 0 Å². The van der Waals surface area contributed by atoms with Crippen LogP contribution in [0, 0.1) is 0 Å². The van der Waals surface area contributed by atoms with Gasteiger partial charge in [0.15, 0.2) is 0 Å². The Labute approximate surface area is 97.3 Å². The molecule has 0 radical (unpaired) electrons. The summed E-state index contributed by atoms with van der Waals surface area (Å²) in [4.78, 5) is 4.40. The lowest BCUT2D eigenvalue weighted by Gasteiger charge is -2.22. The summed E-state index contributed by atoms with van der Waals surface area (Å²) >= 11 is 5.13. The summed E-state index contributed by atoms with van der Waals surface area (Å²) in [7, 11) is 0. The predicted octanol–water partition coefficient (Wildman–Crippen LogP) is 2.98.